The van der Waals surface area contributed by atoms with E-state index in [1.807, 2.05) is 60.7 Å². The Morgan fingerprint density at radius 3 is 2.21 bits per heavy atom. The smallest absolute Gasteiger partial charge is 0.255 e. The van der Waals surface area contributed by atoms with Gasteiger partial charge < -0.3 is 15.1 Å². The third-order valence-corrected chi connectivity index (χ3v) is 5.54. The second kappa shape index (κ2) is 8.68. The molecule has 1 N–H and O–H groups in total. The van der Waals surface area contributed by atoms with Gasteiger partial charge in [0.2, 0.25) is 0 Å². The van der Waals surface area contributed by atoms with Crippen molar-refractivity contribution in [1.29, 1.82) is 0 Å². The molecule has 0 spiro atoms. The molecule has 29 heavy (non-hydrogen) atoms. The van der Waals surface area contributed by atoms with Crippen LogP contribution in [0.25, 0.3) is 11.1 Å². The first-order chi connectivity index (χ1) is 14.1. The maximum absolute atomic E-state index is 12.9. The second-order valence-electron chi connectivity index (χ2n) is 7.35. The topological polar surface area (TPSA) is 35.6 Å². The van der Waals surface area contributed by atoms with E-state index < -0.39 is 0 Å². The summed E-state index contributed by atoms with van der Waals surface area (Å²) in [5.41, 5.74) is 4.60. The Morgan fingerprint density at radius 1 is 0.862 bits per heavy atom. The van der Waals surface area contributed by atoms with Gasteiger partial charge in [0.15, 0.2) is 0 Å². The van der Waals surface area contributed by atoms with Gasteiger partial charge >= 0.3 is 0 Å². The molecule has 1 fully saturated rings. The molecule has 1 saturated heterocycles. The molecule has 0 aromatic heterocycles. The van der Waals surface area contributed by atoms with Crippen molar-refractivity contribution >= 4 is 28.9 Å². The summed E-state index contributed by atoms with van der Waals surface area (Å²) >= 11 is 6.22. The molecule has 0 atom stereocenters. The van der Waals surface area contributed by atoms with Gasteiger partial charge in [-0.05, 0) is 48.5 Å². The minimum Gasteiger partial charge on any atom is -0.367 e. The van der Waals surface area contributed by atoms with Crippen molar-refractivity contribution in [2.45, 2.75) is 0 Å². The Morgan fingerprint density at radius 2 is 1.52 bits per heavy atom. The van der Waals surface area contributed by atoms with E-state index in [9.17, 15) is 4.79 Å². The number of amides is 1. The van der Waals surface area contributed by atoms with Crippen LogP contribution in [0, 0.1) is 0 Å². The van der Waals surface area contributed by atoms with Crippen LogP contribution in [0.3, 0.4) is 0 Å². The molecule has 1 heterocycles. The number of anilines is 2. The molecule has 5 heteroatoms. The van der Waals surface area contributed by atoms with Crippen LogP contribution in [0.4, 0.5) is 11.4 Å². The molecule has 4 nitrogen and oxygen atoms in total. The van der Waals surface area contributed by atoms with Crippen molar-refractivity contribution in [2.75, 3.05) is 43.4 Å². The molecule has 1 amide bonds. The fourth-order valence-corrected chi connectivity index (χ4v) is 3.74. The Kier molecular flexibility index (Phi) is 5.84. The van der Waals surface area contributed by atoms with E-state index in [1.165, 1.54) is 0 Å². The number of carbonyl (C=O) groups excluding carboxylic acids is 1. The quantitative estimate of drug-likeness (QED) is 0.662. The summed E-state index contributed by atoms with van der Waals surface area (Å²) in [5.74, 6) is -0.137. The zero-order valence-corrected chi connectivity index (χ0v) is 17.2. The zero-order chi connectivity index (χ0) is 20.2. The van der Waals surface area contributed by atoms with Crippen LogP contribution < -0.4 is 10.2 Å². The number of likely N-dealkylation sites (N-methyl/N-ethyl adjacent to an activating group) is 1. The standard InChI is InChI=1S/C24H24ClN3O/c1-27-13-15-28(16-14-27)23-12-11-21(25)17-22(23)26-24(29)20-9-7-19(8-10-20)18-5-3-2-4-6-18/h2-12,17H,13-16H2,1H3,(H,26,29). The summed E-state index contributed by atoms with van der Waals surface area (Å²) in [6, 6.07) is 23.5. The van der Waals surface area contributed by atoms with Crippen molar-refractivity contribution in [3.05, 3.63) is 83.4 Å². The summed E-state index contributed by atoms with van der Waals surface area (Å²) in [4.78, 5) is 17.5. The molecule has 3 aromatic carbocycles. The molecule has 148 valence electrons. The van der Waals surface area contributed by atoms with E-state index >= 15 is 0 Å². The number of benzene rings is 3. The van der Waals surface area contributed by atoms with Crippen molar-refractivity contribution in [1.82, 2.24) is 4.90 Å². The highest BCUT2D eigenvalue weighted by Gasteiger charge is 2.18. The normalized spacial score (nSPS) is 14.6. The Balaban J connectivity index is 1.53. The predicted octanol–water partition coefficient (Wildman–Crippen LogP) is 5.01. The van der Waals surface area contributed by atoms with Crippen LogP contribution in [0.5, 0.6) is 0 Å². The van der Waals surface area contributed by atoms with E-state index in [1.54, 1.807) is 0 Å². The number of nitrogens with zero attached hydrogens (tertiary/aromatic N) is 2. The van der Waals surface area contributed by atoms with Gasteiger partial charge in [0, 0.05) is 36.8 Å². The molecule has 0 bridgehead atoms. The van der Waals surface area contributed by atoms with Crippen molar-refractivity contribution < 1.29 is 4.79 Å². The number of nitrogens with one attached hydrogen (secondary N) is 1. The molecular formula is C24H24ClN3O. The molecule has 0 saturated carbocycles. The van der Waals surface area contributed by atoms with E-state index in [2.05, 4.69) is 34.3 Å². The first-order valence-corrected chi connectivity index (χ1v) is 10.2. The number of halogens is 1. The van der Waals surface area contributed by atoms with Crippen LogP contribution in [0.15, 0.2) is 72.8 Å². The monoisotopic (exact) mass is 405 g/mol. The average molecular weight is 406 g/mol. The van der Waals surface area contributed by atoms with E-state index in [4.69, 9.17) is 11.6 Å². The number of hydrogen-bond donors (Lipinski definition) is 1. The van der Waals surface area contributed by atoms with Crippen molar-refractivity contribution in [3.63, 3.8) is 0 Å². The molecule has 4 rings (SSSR count). The number of piperazine rings is 1. The highest BCUT2D eigenvalue weighted by atomic mass is 35.5. The van der Waals surface area contributed by atoms with Crippen molar-refractivity contribution in [2.24, 2.45) is 0 Å². The minimum atomic E-state index is -0.137. The van der Waals surface area contributed by atoms with E-state index in [-0.39, 0.29) is 5.91 Å². The number of hydrogen-bond acceptors (Lipinski definition) is 3. The van der Waals surface area contributed by atoms with Crippen LogP contribution in [-0.2, 0) is 0 Å². The van der Waals surface area contributed by atoms with Gasteiger partial charge in [-0.15, -0.1) is 0 Å². The van der Waals surface area contributed by atoms with Gasteiger partial charge in [0.25, 0.3) is 5.91 Å². The van der Waals surface area contributed by atoms with Crippen LogP contribution in [0.2, 0.25) is 5.02 Å². The fourth-order valence-electron chi connectivity index (χ4n) is 3.57. The van der Waals surface area contributed by atoms with Crippen LogP contribution >= 0.6 is 11.6 Å². The fraction of sp³-hybridized carbons (Fsp3) is 0.208. The summed E-state index contributed by atoms with van der Waals surface area (Å²) in [6.07, 6.45) is 0. The highest BCUT2D eigenvalue weighted by Crippen LogP contribution is 2.30. The minimum absolute atomic E-state index is 0.137. The molecular weight excluding hydrogens is 382 g/mol. The van der Waals surface area contributed by atoms with Gasteiger partial charge in [0.05, 0.1) is 11.4 Å². The van der Waals surface area contributed by atoms with Crippen molar-refractivity contribution in [3.8, 4) is 11.1 Å². The molecule has 0 radical (unpaired) electrons. The predicted molar refractivity (Wildman–Crippen MR) is 121 cm³/mol. The maximum atomic E-state index is 12.9. The summed E-state index contributed by atoms with van der Waals surface area (Å²) in [5, 5.41) is 3.67. The first-order valence-electron chi connectivity index (χ1n) is 9.80. The lowest BCUT2D eigenvalue weighted by molar-refractivity contribution is 0.102. The van der Waals surface area contributed by atoms with E-state index in [0.717, 1.165) is 48.7 Å². The SMILES string of the molecule is CN1CCN(c2ccc(Cl)cc2NC(=O)c2ccc(-c3ccccc3)cc2)CC1. The largest absolute Gasteiger partial charge is 0.367 e. The van der Waals surface area contributed by atoms with Crippen LogP contribution in [-0.4, -0.2) is 44.0 Å². The van der Waals surface area contributed by atoms with Crippen LogP contribution in [0.1, 0.15) is 10.4 Å². The average Bonchev–Trinajstić information content (AvgIpc) is 2.75. The Hall–Kier alpha value is -2.82. The van der Waals surface area contributed by atoms with Gasteiger partial charge in [-0.2, -0.15) is 0 Å². The zero-order valence-electron chi connectivity index (χ0n) is 16.4. The highest BCUT2D eigenvalue weighted by molar-refractivity contribution is 6.31. The molecule has 0 unspecified atom stereocenters. The maximum Gasteiger partial charge on any atom is 0.255 e. The second-order valence-corrected chi connectivity index (χ2v) is 7.79. The lowest BCUT2D eigenvalue weighted by Crippen LogP contribution is -2.44. The molecule has 0 aliphatic carbocycles. The van der Waals surface area contributed by atoms with Gasteiger partial charge in [-0.3, -0.25) is 4.79 Å². The van der Waals surface area contributed by atoms with E-state index in [0.29, 0.717) is 10.6 Å². The van der Waals surface area contributed by atoms with Gasteiger partial charge in [-0.1, -0.05) is 54.1 Å². The number of carbonyl (C=O) groups is 1. The third kappa shape index (κ3) is 4.61. The molecule has 1 aliphatic heterocycles. The first kappa shape index (κ1) is 19.5. The van der Waals surface area contributed by atoms with Gasteiger partial charge in [0.1, 0.15) is 0 Å². The summed E-state index contributed by atoms with van der Waals surface area (Å²) < 4.78 is 0. The summed E-state index contributed by atoms with van der Waals surface area (Å²) in [7, 11) is 2.13. The Bertz CT molecular complexity index is 981. The lowest BCUT2D eigenvalue weighted by atomic mass is 10.0. The van der Waals surface area contributed by atoms with Gasteiger partial charge in [-0.25, -0.2) is 0 Å². The summed E-state index contributed by atoms with van der Waals surface area (Å²) in [6.45, 7) is 3.84. The Labute approximate surface area is 176 Å². The lowest BCUT2D eigenvalue weighted by Gasteiger charge is -2.35. The third-order valence-electron chi connectivity index (χ3n) is 5.30. The number of rotatable bonds is 4. The molecule has 1 aliphatic rings. The molecule has 3 aromatic rings.